The number of hydrogen-bond donors (Lipinski definition) is 0. The minimum absolute atomic E-state index is 0.117. The van der Waals surface area contributed by atoms with Crippen molar-refractivity contribution in [3.8, 4) is 0 Å². The molecule has 11 rings (SSSR count). The first-order valence-electron chi connectivity index (χ1n) is 22.9. The fourth-order valence-corrected chi connectivity index (χ4v) is 10.2. The molecule has 404 valence electrons. The molecule has 0 spiro atoms. The van der Waals surface area contributed by atoms with Crippen LogP contribution < -0.4 is 26.4 Å². The highest BCUT2D eigenvalue weighted by Crippen LogP contribution is 2.36. The summed E-state index contributed by atoms with van der Waals surface area (Å²) in [4.78, 5) is 14.0. The molecule has 0 bridgehead atoms. The van der Waals surface area contributed by atoms with Gasteiger partial charge in [0.15, 0.2) is 82.2 Å². The summed E-state index contributed by atoms with van der Waals surface area (Å²) in [5, 5.41) is 11.2. The molecule has 80 heavy (non-hydrogen) atoms. The number of carbonyl (C=O) groups excluding carboxylic acids is 1. The molecule has 11 aromatic rings. The molecule has 1 aromatic heterocycles. The average Bonchev–Trinajstić information content (AvgIpc) is 2.67. The largest absolute Gasteiger partial charge is 0.287 e. The van der Waals surface area contributed by atoms with Crippen LogP contribution in [0.25, 0.3) is 53.9 Å². The van der Waals surface area contributed by atoms with E-state index in [-0.39, 0.29) is 5.78 Å². The second-order valence-electron chi connectivity index (χ2n) is 18.1. The molecule has 0 fully saturated rings. The molecule has 0 radical (unpaired) electrons. The van der Waals surface area contributed by atoms with Crippen molar-refractivity contribution in [2.24, 2.45) is 0 Å². The molecule has 10 aromatic carbocycles. The van der Waals surface area contributed by atoms with Crippen LogP contribution in [0.1, 0.15) is 10.4 Å². The van der Waals surface area contributed by atoms with Gasteiger partial charge in [0.2, 0.25) is 12.3 Å². The molecule has 0 aliphatic rings. The van der Waals surface area contributed by atoms with Crippen LogP contribution in [0.2, 0.25) is 0 Å². The number of Topliss-reactive ketones (excluding diaryl/α,β-unsaturated/α-hetero) is 1. The van der Waals surface area contributed by atoms with Crippen LogP contribution in [0.3, 0.4) is 0 Å². The van der Waals surface area contributed by atoms with Gasteiger partial charge in [-0.25, -0.2) is 87.8 Å². The number of nitrogens with zero attached hydrogens (tertiary/aromatic N) is 1. The normalized spacial score (nSPS) is 11.8. The van der Waals surface area contributed by atoms with Crippen molar-refractivity contribution in [3.63, 3.8) is 0 Å². The Morgan fingerprint density at radius 2 is 0.550 bits per heavy atom. The Hall–Kier alpha value is -9.02. The van der Waals surface area contributed by atoms with Gasteiger partial charge in [-0.1, -0.05) is 66.7 Å². The molecule has 0 aliphatic heterocycles. The highest BCUT2D eigenvalue weighted by molar-refractivity contribution is 7.20. The van der Waals surface area contributed by atoms with E-state index in [0.29, 0.717) is 6.54 Å². The number of carbonyl (C=O) groups is 1. The molecule has 2 nitrogen and oxygen atoms in total. The smallest absolute Gasteiger partial charge is 0.228 e. The predicted octanol–water partition coefficient (Wildman–Crippen LogP) is 13.5. The van der Waals surface area contributed by atoms with Crippen LogP contribution in [0.5, 0.6) is 0 Å². The zero-order chi connectivity index (χ0) is 57.7. The number of fused-ring (bicyclic) bond motifs is 5. The molecule has 0 saturated carbocycles. The Kier molecular flexibility index (Phi) is 13.6. The number of benzene rings is 10. The van der Waals surface area contributed by atoms with Gasteiger partial charge in [0.05, 0.1) is 0 Å². The zero-order valence-electron chi connectivity index (χ0n) is 39.2. The Balaban J connectivity index is 0.000000185. The summed E-state index contributed by atoms with van der Waals surface area (Å²) in [7, 11) is 0. The highest BCUT2D eigenvalue weighted by atomic mass is 19.2. The average molecular weight is 1130 g/mol. The van der Waals surface area contributed by atoms with Crippen LogP contribution >= 0.6 is 0 Å². The van der Waals surface area contributed by atoms with E-state index in [0.717, 1.165) is 43.3 Å². The molecule has 23 heteroatoms. The van der Waals surface area contributed by atoms with Gasteiger partial charge in [0, 0.05) is 17.0 Å². The zero-order valence-corrected chi connectivity index (χ0v) is 39.2. The van der Waals surface area contributed by atoms with Crippen molar-refractivity contribution in [1.82, 2.24) is 0 Å². The van der Waals surface area contributed by atoms with E-state index in [4.69, 9.17) is 0 Å². The van der Waals surface area contributed by atoms with Gasteiger partial charge in [0.25, 0.3) is 0 Å². The van der Waals surface area contributed by atoms with Crippen LogP contribution in [0.4, 0.5) is 87.8 Å². The molecular weight excluding hydrogens is 1110 g/mol. The Labute approximate surface area is 433 Å². The molecule has 0 atom stereocenters. The topological polar surface area (TPSA) is 20.9 Å². The van der Waals surface area contributed by atoms with E-state index in [1.165, 1.54) is 16.2 Å². The highest BCUT2D eigenvalue weighted by Gasteiger charge is 2.52. The van der Waals surface area contributed by atoms with Crippen molar-refractivity contribution in [2.45, 2.75) is 6.54 Å². The summed E-state index contributed by atoms with van der Waals surface area (Å²) in [6, 6.07) is 38.0. The van der Waals surface area contributed by atoms with Gasteiger partial charge in [-0.05, 0) is 84.9 Å². The fourth-order valence-electron chi connectivity index (χ4n) is 10.2. The van der Waals surface area contributed by atoms with Crippen molar-refractivity contribution in [2.75, 3.05) is 0 Å². The van der Waals surface area contributed by atoms with Crippen molar-refractivity contribution in [3.05, 3.63) is 243 Å². The van der Waals surface area contributed by atoms with Crippen LogP contribution in [0.15, 0.2) is 122 Å². The van der Waals surface area contributed by atoms with E-state index in [2.05, 4.69) is 103 Å². The van der Waals surface area contributed by atoms with Crippen LogP contribution in [0, 0.1) is 116 Å². The maximum absolute atomic E-state index is 15.4. The summed E-state index contributed by atoms with van der Waals surface area (Å²) >= 11 is 0. The summed E-state index contributed by atoms with van der Waals surface area (Å²) in [6.45, 7) is 0.290. The predicted molar refractivity (Wildman–Crippen MR) is 254 cm³/mol. The van der Waals surface area contributed by atoms with Gasteiger partial charge in [-0.2, -0.15) is 4.57 Å². The maximum atomic E-state index is 15.4. The number of hydrogen-bond acceptors (Lipinski definition) is 1. The number of ketones is 1. The number of aromatic nitrogens is 1. The second-order valence-corrected chi connectivity index (χ2v) is 18.1. The lowest BCUT2D eigenvalue weighted by Gasteiger charge is -2.44. The molecule has 0 unspecified atom stereocenters. The van der Waals surface area contributed by atoms with Crippen molar-refractivity contribution in [1.29, 1.82) is 0 Å². The van der Waals surface area contributed by atoms with Gasteiger partial charge in [0.1, 0.15) is 52.7 Å². The fraction of sp³-hybridized carbons (Fsp3) is 0.0175. The van der Waals surface area contributed by atoms with Gasteiger partial charge < -0.3 is 0 Å². The van der Waals surface area contributed by atoms with Gasteiger partial charge >= 0.3 is 0 Å². The van der Waals surface area contributed by atoms with E-state index < -0.39 is 144 Å². The first-order chi connectivity index (χ1) is 37.9. The van der Waals surface area contributed by atoms with Crippen molar-refractivity contribution < 1.29 is 97.2 Å². The molecule has 0 amide bonds. The first-order valence-corrected chi connectivity index (χ1v) is 22.9. The lowest BCUT2D eigenvalue weighted by molar-refractivity contribution is -0.681. The lowest BCUT2D eigenvalue weighted by Crippen LogP contribution is -2.81. The Bertz CT molecular complexity index is 4020. The number of pyridine rings is 1. The van der Waals surface area contributed by atoms with E-state index in [1.807, 2.05) is 22.9 Å². The Morgan fingerprint density at radius 1 is 0.300 bits per heavy atom. The second kappa shape index (κ2) is 20.0. The first kappa shape index (κ1) is 54.3. The van der Waals surface area contributed by atoms with Gasteiger partial charge in [-0.3, -0.25) is 4.79 Å². The number of halogens is 20. The minimum Gasteiger partial charge on any atom is -0.287 e. The van der Waals surface area contributed by atoms with Crippen molar-refractivity contribution >= 4 is 87.6 Å². The van der Waals surface area contributed by atoms with E-state index in [9.17, 15) is 57.5 Å². The molecular formula is C57H22BF20NO. The van der Waals surface area contributed by atoms with E-state index in [1.54, 1.807) is 0 Å². The summed E-state index contributed by atoms with van der Waals surface area (Å²) in [5.41, 5.74) is -13.5. The summed E-state index contributed by atoms with van der Waals surface area (Å²) < 4.78 is 296. The van der Waals surface area contributed by atoms with Crippen LogP contribution in [-0.2, 0) is 6.54 Å². The third kappa shape index (κ3) is 8.22. The maximum Gasteiger partial charge on any atom is 0.228 e. The number of rotatable bonds is 7. The lowest BCUT2D eigenvalue weighted by atomic mass is 9.12. The third-order valence-electron chi connectivity index (χ3n) is 13.7. The van der Waals surface area contributed by atoms with Gasteiger partial charge in [-0.15, -0.1) is 21.9 Å². The van der Waals surface area contributed by atoms with Crippen LogP contribution in [-0.4, -0.2) is 11.9 Å². The minimum atomic E-state index is -7.22. The standard InChI is InChI=1S/C33H22NO.C24BF20/c35-32(21-34-14-13-22-7-1-6-12-27(22)20-34)33-30-18-25-10-4-2-8-23(25)15-28(30)17-29-16-24-9-3-5-11-26(24)19-31(29)33;26-5-1(6(27)14(35)21(42)13(5)34)25(2-7(28)15(36)22(43)16(37)8(2)29,3-9(30)17(38)23(44)18(39)10(3)31)4-11(32)19(40)24(45)20(41)12(4)33/h1-20H,21H2;/q+1;-1. The molecule has 0 aliphatic carbocycles. The molecule has 1 heterocycles. The summed E-state index contributed by atoms with van der Waals surface area (Å²) in [6.07, 6.45) is -3.16. The third-order valence-corrected chi connectivity index (χ3v) is 13.7. The monoisotopic (exact) mass is 1130 g/mol. The van der Waals surface area contributed by atoms with E-state index >= 15 is 35.1 Å². The molecule has 0 N–H and O–H groups in total. The summed E-state index contributed by atoms with van der Waals surface area (Å²) in [5.74, 6) is -71.3. The molecule has 0 saturated heterocycles. The SMILES string of the molecule is Fc1c(F)c(F)c([B-](c2c(F)c(F)c(F)c(F)c2F)(c2c(F)c(F)c(F)c(F)c2F)c2c(F)c(F)c(F)c(F)c2F)c(F)c1F.O=C(C[n+]1ccc2ccccc2c1)c1c2cc3ccccc3cc2cc2cc3ccccc3cc12. The quantitative estimate of drug-likeness (QED) is 0.0296. The Morgan fingerprint density at radius 3 is 0.863 bits per heavy atom.